The summed E-state index contributed by atoms with van der Waals surface area (Å²) in [4.78, 5) is 0. The third-order valence-corrected chi connectivity index (χ3v) is 4.98. The van der Waals surface area contributed by atoms with E-state index < -0.39 is 17.5 Å². The van der Waals surface area contributed by atoms with Gasteiger partial charge >= 0.3 is 0 Å². The highest BCUT2D eigenvalue weighted by Crippen LogP contribution is 2.52. The molecule has 1 fully saturated rings. The van der Waals surface area contributed by atoms with E-state index in [9.17, 15) is 13.2 Å². The fraction of sp³-hybridized carbons (Fsp3) is 0.368. The Morgan fingerprint density at radius 3 is 2.39 bits per heavy atom. The predicted molar refractivity (Wildman–Crippen MR) is 82.9 cm³/mol. The average molecular weight is 318 g/mol. The first-order chi connectivity index (χ1) is 11.1. The Hall–Kier alpha value is -1.97. The molecule has 4 heteroatoms. The van der Waals surface area contributed by atoms with Crippen molar-refractivity contribution in [1.29, 1.82) is 0 Å². The van der Waals surface area contributed by atoms with Crippen molar-refractivity contribution < 1.29 is 17.9 Å². The fourth-order valence-electron chi connectivity index (χ4n) is 3.67. The van der Waals surface area contributed by atoms with Crippen LogP contribution in [0.25, 0.3) is 22.3 Å². The van der Waals surface area contributed by atoms with Crippen molar-refractivity contribution in [3.63, 3.8) is 0 Å². The summed E-state index contributed by atoms with van der Waals surface area (Å²) in [5.74, 6) is -1.88. The van der Waals surface area contributed by atoms with E-state index in [0.717, 1.165) is 12.8 Å². The molecule has 0 spiro atoms. The van der Waals surface area contributed by atoms with Crippen LogP contribution in [0.15, 0.2) is 18.2 Å². The van der Waals surface area contributed by atoms with Crippen LogP contribution in [0.2, 0.25) is 0 Å². The van der Waals surface area contributed by atoms with E-state index in [0.29, 0.717) is 23.7 Å². The van der Waals surface area contributed by atoms with Crippen LogP contribution in [0.3, 0.4) is 0 Å². The molecule has 0 bridgehead atoms. The van der Waals surface area contributed by atoms with Gasteiger partial charge in [0.05, 0.1) is 6.61 Å². The third-order valence-electron chi connectivity index (χ3n) is 4.98. The van der Waals surface area contributed by atoms with Crippen LogP contribution in [0.1, 0.15) is 31.2 Å². The van der Waals surface area contributed by atoms with Gasteiger partial charge in [0.2, 0.25) is 0 Å². The summed E-state index contributed by atoms with van der Waals surface area (Å²) < 4.78 is 48.2. The zero-order valence-corrected chi connectivity index (χ0v) is 12.9. The number of hydrogen-bond acceptors (Lipinski definition) is 1. The fourth-order valence-corrected chi connectivity index (χ4v) is 3.67. The molecule has 1 saturated carbocycles. The summed E-state index contributed by atoms with van der Waals surface area (Å²) in [6.07, 6.45) is 4.60. The third kappa shape index (κ3) is 2.15. The van der Waals surface area contributed by atoms with Crippen LogP contribution in [0.5, 0.6) is 5.75 Å². The molecular weight excluding hydrogens is 301 g/mol. The van der Waals surface area contributed by atoms with Gasteiger partial charge in [-0.2, -0.15) is 0 Å². The maximum atomic E-state index is 14.7. The highest BCUT2D eigenvalue weighted by Gasteiger charge is 2.33. The molecule has 2 aliphatic rings. The van der Waals surface area contributed by atoms with Gasteiger partial charge in [0.1, 0.15) is 0 Å². The molecule has 2 aliphatic carbocycles. The van der Waals surface area contributed by atoms with Gasteiger partial charge in [-0.1, -0.05) is 12.8 Å². The Bertz CT molecular complexity index is 792. The van der Waals surface area contributed by atoms with Gasteiger partial charge in [0, 0.05) is 11.1 Å². The van der Waals surface area contributed by atoms with Gasteiger partial charge in [-0.3, -0.25) is 0 Å². The van der Waals surface area contributed by atoms with Gasteiger partial charge < -0.3 is 4.74 Å². The molecule has 0 radical (unpaired) electrons. The van der Waals surface area contributed by atoms with Crippen molar-refractivity contribution in [1.82, 2.24) is 0 Å². The number of aryl methyl sites for hydroxylation is 1. The molecule has 2 aromatic rings. The monoisotopic (exact) mass is 318 g/mol. The Kier molecular flexibility index (Phi) is 3.36. The minimum absolute atomic E-state index is 0.0342. The van der Waals surface area contributed by atoms with E-state index in [1.807, 2.05) is 0 Å². The van der Waals surface area contributed by atoms with E-state index in [1.165, 1.54) is 19.8 Å². The van der Waals surface area contributed by atoms with Crippen molar-refractivity contribution >= 4 is 0 Å². The number of benzene rings is 2. The second-order valence-corrected chi connectivity index (χ2v) is 6.51. The molecule has 4 rings (SSSR count). The highest BCUT2D eigenvalue weighted by atomic mass is 19.2. The lowest BCUT2D eigenvalue weighted by molar-refractivity contribution is 0.242. The Labute approximate surface area is 133 Å². The molecule has 0 aliphatic heterocycles. The molecule has 2 aromatic carbocycles. The quantitative estimate of drug-likeness (QED) is 0.608. The summed E-state index contributed by atoms with van der Waals surface area (Å²) in [6, 6.07) is 4.87. The van der Waals surface area contributed by atoms with Crippen LogP contribution in [0, 0.1) is 30.3 Å². The van der Waals surface area contributed by atoms with Crippen molar-refractivity contribution in [2.24, 2.45) is 5.92 Å². The van der Waals surface area contributed by atoms with Gasteiger partial charge in [0.25, 0.3) is 0 Å². The zero-order chi connectivity index (χ0) is 16.1. The molecule has 0 atom stereocenters. The number of halogens is 3. The Balaban J connectivity index is 1.67. The lowest BCUT2D eigenvalue weighted by Crippen LogP contribution is -2.12. The van der Waals surface area contributed by atoms with Crippen LogP contribution in [-0.4, -0.2) is 6.61 Å². The lowest BCUT2D eigenvalue weighted by Gasteiger charge is -2.27. The Morgan fingerprint density at radius 1 is 0.957 bits per heavy atom. The number of ether oxygens (including phenoxy) is 1. The molecular formula is C19H17F3O. The molecule has 1 nitrogen and oxygen atoms in total. The minimum Gasteiger partial charge on any atom is -0.490 e. The highest BCUT2D eigenvalue weighted by molar-refractivity contribution is 6.03. The van der Waals surface area contributed by atoms with Gasteiger partial charge in [0.15, 0.2) is 23.2 Å². The number of fused-ring (bicyclic) bond motifs is 4. The second-order valence-electron chi connectivity index (χ2n) is 6.51. The molecule has 0 aromatic heterocycles. The molecule has 0 unspecified atom stereocenters. The van der Waals surface area contributed by atoms with Crippen molar-refractivity contribution in [2.45, 2.75) is 32.6 Å². The summed E-state index contributed by atoms with van der Waals surface area (Å²) >= 11 is 0. The first-order valence-corrected chi connectivity index (χ1v) is 8.02. The van der Waals surface area contributed by atoms with Crippen molar-refractivity contribution in [3.8, 4) is 28.0 Å². The molecule has 0 heterocycles. The summed E-state index contributed by atoms with van der Waals surface area (Å²) in [6.45, 7) is 1.99. The molecule has 23 heavy (non-hydrogen) atoms. The smallest absolute Gasteiger partial charge is 0.173 e. The maximum absolute atomic E-state index is 14.7. The lowest BCUT2D eigenvalue weighted by atomic mass is 9.78. The minimum atomic E-state index is -0.973. The van der Waals surface area contributed by atoms with Gasteiger partial charge in [-0.25, -0.2) is 13.2 Å². The molecule has 0 amide bonds. The first-order valence-electron chi connectivity index (χ1n) is 8.02. The van der Waals surface area contributed by atoms with E-state index in [1.54, 1.807) is 18.2 Å². The van der Waals surface area contributed by atoms with Crippen LogP contribution >= 0.6 is 0 Å². The number of hydrogen-bond donors (Lipinski definition) is 0. The van der Waals surface area contributed by atoms with E-state index in [4.69, 9.17) is 4.74 Å². The molecule has 0 N–H and O–H groups in total. The molecule has 0 saturated heterocycles. The Morgan fingerprint density at radius 2 is 1.65 bits per heavy atom. The van der Waals surface area contributed by atoms with E-state index in [2.05, 4.69) is 0 Å². The van der Waals surface area contributed by atoms with Gasteiger partial charge in [-0.05, 0) is 60.6 Å². The van der Waals surface area contributed by atoms with Crippen molar-refractivity contribution in [2.75, 3.05) is 6.61 Å². The van der Waals surface area contributed by atoms with E-state index >= 15 is 0 Å². The summed E-state index contributed by atoms with van der Waals surface area (Å²) in [5, 5.41) is 0. The van der Waals surface area contributed by atoms with E-state index in [-0.39, 0.29) is 22.4 Å². The maximum Gasteiger partial charge on any atom is 0.173 e. The SMILES string of the molecule is Cc1cc2c(c(F)c1F)-c1c-2ccc(OCC2CCCC2)c1F. The largest absolute Gasteiger partial charge is 0.490 e. The number of rotatable bonds is 3. The summed E-state index contributed by atoms with van der Waals surface area (Å²) in [5.41, 5.74) is 1.59. The standard InChI is InChI=1S/C19H17F3O/c1-10-8-13-12-6-7-14(23-9-11-4-2-3-5-11)18(21)15(12)16(13)19(22)17(10)20/h6-8,11H,2-5,9H2,1H3. The van der Waals surface area contributed by atoms with Gasteiger partial charge in [-0.15, -0.1) is 0 Å². The normalized spacial score (nSPS) is 16.0. The first kappa shape index (κ1) is 14.6. The van der Waals surface area contributed by atoms with Crippen LogP contribution < -0.4 is 4.74 Å². The zero-order valence-electron chi connectivity index (χ0n) is 12.9. The summed E-state index contributed by atoms with van der Waals surface area (Å²) in [7, 11) is 0. The van der Waals surface area contributed by atoms with Crippen molar-refractivity contribution in [3.05, 3.63) is 41.2 Å². The average Bonchev–Trinajstić information content (AvgIpc) is 3.03. The molecule has 120 valence electrons. The van der Waals surface area contributed by atoms with Crippen LogP contribution in [-0.2, 0) is 0 Å². The van der Waals surface area contributed by atoms with Crippen LogP contribution in [0.4, 0.5) is 13.2 Å². The second kappa shape index (κ2) is 5.29. The topological polar surface area (TPSA) is 9.23 Å². The predicted octanol–water partition coefficient (Wildman–Crippen LogP) is 5.63.